The van der Waals surface area contributed by atoms with Gasteiger partial charge in [0.05, 0.1) is 5.39 Å². The Hall–Kier alpha value is -4.01. The van der Waals surface area contributed by atoms with Crippen LogP contribution in [0.1, 0.15) is 42.4 Å². The number of fused-ring (bicyclic) bond motifs is 1. The topological polar surface area (TPSA) is 133 Å². The zero-order valence-electron chi connectivity index (χ0n) is 17.1. The van der Waals surface area contributed by atoms with Crippen molar-refractivity contribution in [2.45, 2.75) is 26.3 Å². The van der Waals surface area contributed by atoms with Crippen LogP contribution in [0.15, 0.2) is 59.4 Å². The number of carbonyl (C=O) groups excluding carboxylic acids is 3. The number of aromatic amines is 1. The molecule has 3 rings (SSSR count). The highest BCUT2D eigenvalue weighted by Crippen LogP contribution is 2.14. The van der Waals surface area contributed by atoms with Gasteiger partial charge in [0.15, 0.2) is 5.69 Å². The smallest absolute Gasteiger partial charge is 0.290 e. The second-order valence-electron chi connectivity index (χ2n) is 7.40. The number of hydrogen-bond acceptors (Lipinski definition) is 5. The molecular weight excluding hydrogens is 398 g/mol. The molecule has 0 aliphatic rings. The maximum Gasteiger partial charge on any atom is 0.290 e. The summed E-state index contributed by atoms with van der Waals surface area (Å²) in [6.45, 7) is 3.80. The average molecular weight is 421 g/mol. The summed E-state index contributed by atoms with van der Waals surface area (Å²) in [5, 5.41) is 9.42. The van der Waals surface area contributed by atoms with Crippen molar-refractivity contribution in [3.8, 4) is 0 Å². The summed E-state index contributed by atoms with van der Waals surface area (Å²) in [5.41, 5.74) is 4.73. The molecule has 160 valence electrons. The van der Waals surface area contributed by atoms with Crippen LogP contribution in [0.2, 0.25) is 0 Å². The molecule has 3 aromatic rings. The van der Waals surface area contributed by atoms with E-state index in [0.29, 0.717) is 16.3 Å². The molecule has 2 aromatic carbocycles. The molecule has 0 saturated heterocycles. The fourth-order valence-electron chi connectivity index (χ4n) is 3.07. The van der Waals surface area contributed by atoms with Crippen molar-refractivity contribution in [2.75, 3.05) is 0 Å². The number of hydrogen-bond donors (Lipinski definition) is 4. The molecule has 3 amide bonds. The molecule has 1 atom stereocenters. The number of H-pyrrole nitrogens is 1. The van der Waals surface area contributed by atoms with Gasteiger partial charge in [-0.25, -0.2) is 5.10 Å². The van der Waals surface area contributed by atoms with Crippen LogP contribution in [-0.4, -0.2) is 27.9 Å². The largest absolute Gasteiger partial charge is 0.340 e. The van der Waals surface area contributed by atoms with Crippen molar-refractivity contribution in [1.29, 1.82) is 0 Å². The third-order valence-corrected chi connectivity index (χ3v) is 4.50. The summed E-state index contributed by atoms with van der Waals surface area (Å²) >= 11 is 0. The van der Waals surface area contributed by atoms with Gasteiger partial charge in [0.1, 0.15) is 6.04 Å². The van der Waals surface area contributed by atoms with E-state index in [1.807, 2.05) is 13.8 Å². The number of carbonyl (C=O) groups is 3. The molecule has 0 bridgehead atoms. The third-order valence-electron chi connectivity index (χ3n) is 4.50. The zero-order chi connectivity index (χ0) is 22.4. The lowest BCUT2D eigenvalue weighted by atomic mass is 10.0. The highest BCUT2D eigenvalue weighted by Gasteiger charge is 2.24. The van der Waals surface area contributed by atoms with E-state index < -0.39 is 23.4 Å². The Morgan fingerprint density at radius 2 is 1.58 bits per heavy atom. The second kappa shape index (κ2) is 9.66. The van der Waals surface area contributed by atoms with Gasteiger partial charge >= 0.3 is 0 Å². The Morgan fingerprint density at radius 3 is 2.26 bits per heavy atom. The van der Waals surface area contributed by atoms with E-state index in [9.17, 15) is 19.2 Å². The summed E-state index contributed by atoms with van der Waals surface area (Å²) in [6, 6.07) is 14.2. The molecule has 31 heavy (non-hydrogen) atoms. The standard InChI is InChI=1S/C22H23N5O4/c1-13(2)12-17(28)23-18(14-8-4-3-5-9-14)21(30)26-27-22(31)19-15-10-6-7-11-16(15)20(29)25-24-19/h3-11,13,18H,12H2,1-2H3,(H,23,28)(H,25,29)(H,26,30)(H,27,31). The quantitative estimate of drug-likeness (QED) is 0.449. The van der Waals surface area contributed by atoms with E-state index >= 15 is 0 Å². The Labute approximate surface area is 178 Å². The summed E-state index contributed by atoms with van der Waals surface area (Å²) < 4.78 is 0. The van der Waals surface area contributed by atoms with Crippen molar-refractivity contribution in [1.82, 2.24) is 26.4 Å². The van der Waals surface area contributed by atoms with Crippen molar-refractivity contribution in [3.05, 3.63) is 76.2 Å². The minimum absolute atomic E-state index is 0.0457. The van der Waals surface area contributed by atoms with Crippen LogP contribution in [0.4, 0.5) is 0 Å². The lowest BCUT2D eigenvalue weighted by molar-refractivity contribution is -0.130. The zero-order valence-corrected chi connectivity index (χ0v) is 17.1. The van der Waals surface area contributed by atoms with Crippen LogP contribution in [0.25, 0.3) is 10.8 Å². The van der Waals surface area contributed by atoms with E-state index in [0.717, 1.165) is 0 Å². The minimum atomic E-state index is -0.993. The molecular formula is C22H23N5O4. The lowest BCUT2D eigenvalue weighted by Crippen LogP contribution is -2.48. The molecule has 0 fully saturated rings. The number of rotatable bonds is 6. The van der Waals surface area contributed by atoms with E-state index in [4.69, 9.17) is 0 Å². The van der Waals surface area contributed by atoms with Gasteiger partial charge in [0, 0.05) is 11.8 Å². The molecule has 9 heteroatoms. The summed E-state index contributed by atoms with van der Waals surface area (Å²) in [7, 11) is 0. The molecule has 4 N–H and O–H groups in total. The number of nitrogens with one attached hydrogen (secondary N) is 4. The normalized spacial score (nSPS) is 11.7. The van der Waals surface area contributed by atoms with Crippen LogP contribution in [0, 0.1) is 5.92 Å². The summed E-state index contributed by atoms with van der Waals surface area (Å²) in [4.78, 5) is 49.5. The third kappa shape index (κ3) is 5.33. The van der Waals surface area contributed by atoms with Gasteiger partial charge in [-0.1, -0.05) is 62.4 Å². The van der Waals surface area contributed by atoms with Gasteiger partial charge in [-0.15, -0.1) is 0 Å². The predicted octanol–water partition coefficient (Wildman–Crippen LogP) is 1.59. The van der Waals surface area contributed by atoms with Crippen LogP contribution >= 0.6 is 0 Å². The fraction of sp³-hybridized carbons (Fsp3) is 0.227. The van der Waals surface area contributed by atoms with E-state index in [2.05, 4.69) is 26.4 Å². The molecule has 1 heterocycles. The highest BCUT2D eigenvalue weighted by molar-refractivity contribution is 6.05. The summed E-state index contributed by atoms with van der Waals surface area (Å²) in [6.07, 6.45) is 0.260. The fourth-order valence-corrected chi connectivity index (χ4v) is 3.07. The second-order valence-corrected chi connectivity index (χ2v) is 7.40. The van der Waals surface area contributed by atoms with Crippen molar-refractivity contribution < 1.29 is 14.4 Å². The molecule has 0 saturated carbocycles. The SMILES string of the molecule is CC(C)CC(=O)NC(C(=O)NNC(=O)c1n[nH]c(=O)c2ccccc12)c1ccccc1. The molecule has 0 aliphatic heterocycles. The number of aromatic nitrogens is 2. The van der Waals surface area contributed by atoms with Gasteiger partial charge in [0.2, 0.25) is 5.91 Å². The minimum Gasteiger partial charge on any atom is -0.340 e. The molecule has 9 nitrogen and oxygen atoms in total. The first-order chi connectivity index (χ1) is 14.9. The number of amides is 3. The first-order valence-corrected chi connectivity index (χ1v) is 9.78. The van der Waals surface area contributed by atoms with Crippen molar-refractivity contribution >= 4 is 28.5 Å². The van der Waals surface area contributed by atoms with E-state index in [-0.39, 0.29) is 23.9 Å². The Bertz CT molecular complexity index is 1160. The van der Waals surface area contributed by atoms with Crippen LogP contribution < -0.4 is 21.7 Å². The molecule has 0 aliphatic carbocycles. The Balaban J connectivity index is 1.76. The van der Waals surface area contributed by atoms with Gasteiger partial charge in [-0.3, -0.25) is 30.0 Å². The first-order valence-electron chi connectivity index (χ1n) is 9.78. The maximum absolute atomic E-state index is 12.8. The van der Waals surface area contributed by atoms with Gasteiger partial charge in [-0.2, -0.15) is 5.10 Å². The first kappa shape index (κ1) is 21.7. The lowest BCUT2D eigenvalue weighted by Gasteiger charge is -2.19. The molecule has 1 unspecified atom stereocenters. The molecule has 0 spiro atoms. The molecule has 0 radical (unpaired) electrons. The molecule has 1 aromatic heterocycles. The van der Waals surface area contributed by atoms with Gasteiger partial charge in [-0.05, 0) is 17.5 Å². The Morgan fingerprint density at radius 1 is 0.935 bits per heavy atom. The average Bonchev–Trinajstić information content (AvgIpc) is 2.76. The van der Waals surface area contributed by atoms with Gasteiger partial charge in [0.25, 0.3) is 17.4 Å². The van der Waals surface area contributed by atoms with Crippen LogP contribution in [0.3, 0.4) is 0 Å². The van der Waals surface area contributed by atoms with E-state index in [1.54, 1.807) is 54.6 Å². The predicted molar refractivity (Wildman–Crippen MR) is 115 cm³/mol. The highest BCUT2D eigenvalue weighted by atomic mass is 16.2. The van der Waals surface area contributed by atoms with Crippen molar-refractivity contribution in [2.24, 2.45) is 5.92 Å². The van der Waals surface area contributed by atoms with Crippen molar-refractivity contribution in [3.63, 3.8) is 0 Å². The number of hydrazine groups is 1. The van der Waals surface area contributed by atoms with Gasteiger partial charge < -0.3 is 5.32 Å². The van der Waals surface area contributed by atoms with Crippen LogP contribution in [0.5, 0.6) is 0 Å². The van der Waals surface area contributed by atoms with Crippen LogP contribution in [-0.2, 0) is 9.59 Å². The number of nitrogens with zero attached hydrogens (tertiary/aromatic N) is 1. The maximum atomic E-state index is 12.8. The number of benzene rings is 2. The van der Waals surface area contributed by atoms with E-state index in [1.165, 1.54) is 0 Å². The summed E-state index contributed by atoms with van der Waals surface area (Å²) in [5.74, 6) is -1.48. The monoisotopic (exact) mass is 421 g/mol. The Kier molecular flexibility index (Phi) is 6.76.